The Hall–Kier alpha value is -2.62. The molecule has 0 unspecified atom stereocenters. The Morgan fingerprint density at radius 2 is 1.54 bits per heavy atom. The Morgan fingerprint density at radius 1 is 0.958 bits per heavy atom. The summed E-state index contributed by atoms with van der Waals surface area (Å²) in [6.07, 6.45) is 2.71. The molecule has 1 aliphatic rings. The molecule has 1 atom stereocenters. The molecule has 2 N–H and O–H groups in total. The third-order valence-electron chi connectivity index (χ3n) is 4.29. The molecule has 1 aliphatic carbocycles. The minimum Gasteiger partial charge on any atom is -0.326 e. The number of nitrogens with one attached hydrogen (secondary N) is 2. The van der Waals surface area contributed by atoms with Crippen LogP contribution in [-0.4, -0.2) is 11.8 Å². The van der Waals surface area contributed by atoms with E-state index < -0.39 is 0 Å². The van der Waals surface area contributed by atoms with Crippen LogP contribution in [-0.2, 0) is 9.59 Å². The Morgan fingerprint density at radius 3 is 2.08 bits per heavy atom. The van der Waals surface area contributed by atoms with Crippen LogP contribution in [0.4, 0.5) is 11.4 Å². The highest BCUT2D eigenvalue weighted by atomic mass is 16.2. The van der Waals surface area contributed by atoms with Crippen LogP contribution in [0.3, 0.4) is 0 Å². The van der Waals surface area contributed by atoms with Crippen LogP contribution in [0.5, 0.6) is 0 Å². The molecule has 4 heteroatoms. The van der Waals surface area contributed by atoms with Crippen LogP contribution < -0.4 is 10.6 Å². The van der Waals surface area contributed by atoms with Gasteiger partial charge in [-0.3, -0.25) is 9.59 Å². The van der Waals surface area contributed by atoms with Crippen LogP contribution in [0.1, 0.15) is 37.7 Å². The van der Waals surface area contributed by atoms with Crippen molar-refractivity contribution in [1.82, 2.24) is 0 Å². The van der Waals surface area contributed by atoms with Gasteiger partial charge in [0.05, 0.1) is 5.92 Å². The van der Waals surface area contributed by atoms with Gasteiger partial charge in [-0.2, -0.15) is 0 Å². The lowest BCUT2D eigenvalue weighted by atomic mass is 9.95. The van der Waals surface area contributed by atoms with Crippen LogP contribution in [0.25, 0.3) is 0 Å². The van der Waals surface area contributed by atoms with Crippen LogP contribution >= 0.6 is 0 Å². The van der Waals surface area contributed by atoms with Crippen molar-refractivity contribution >= 4 is 23.2 Å². The van der Waals surface area contributed by atoms with Crippen molar-refractivity contribution in [2.45, 2.75) is 32.1 Å². The predicted molar refractivity (Wildman–Crippen MR) is 95.9 cm³/mol. The monoisotopic (exact) mass is 322 g/mol. The lowest BCUT2D eigenvalue weighted by Crippen LogP contribution is -2.20. The van der Waals surface area contributed by atoms with Crippen molar-refractivity contribution in [3.63, 3.8) is 0 Å². The lowest BCUT2D eigenvalue weighted by molar-refractivity contribution is -0.118. The Kier molecular flexibility index (Phi) is 4.94. The summed E-state index contributed by atoms with van der Waals surface area (Å²) in [5, 5.41) is 5.85. The number of hydrogen-bond acceptors (Lipinski definition) is 2. The zero-order chi connectivity index (χ0) is 16.9. The molecule has 0 aromatic heterocycles. The molecule has 2 aromatic carbocycles. The predicted octanol–water partition coefficient (Wildman–Crippen LogP) is 4.17. The SMILES string of the molecule is CC[C@@H](C(=O)Nc1ccc(NC(=O)C2CC2)cc1)c1ccccc1. The van der Waals surface area contributed by atoms with Gasteiger partial charge in [-0.15, -0.1) is 0 Å². The van der Waals surface area contributed by atoms with Crippen LogP contribution in [0.2, 0.25) is 0 Å². The molecule has 2 aromatic rings. The molecule has 3 rings (SSSR count). The van der Waals surface area contributed by atoms with Gasteiger partial charge in [-0.05, 0) is 49.1 Å². The van der Waals surface area contributed by atoms with E-state index in [-0.39, 0.29) is 23.7 Å². The van der Waals surface area contributed by atoms with Crippen LogP contribution in [0.15, 0.2) is 54.6 Å². The van der Waals surface area contributed by atoms with E-state index in [4.69, 9.17) is 0 Å². The summed E-state index contributed by atoms with van der Waals surface area (Å²) < 4.78 is 0. The summed E-state index contributed by atoms with van der Waals surface area (Å²) >= 11 is 0. The molecule has 0 saturated heterocycles. The van der Waals surface area contributed by atoms with Gasteiger partial charge in [-0.25, -0.2) is 0 Å². The molecule has 1 saturated carbocycles. The van der Waals surface area contributed by atoms with Gasteiger partial charge in [0.25, 0.3) is 0 Å². The molecule has 0 heterocycles. The number of rotatable bonds is 6. The number of hydrogen-bond donors (Lipinski definition) is 2. The van der Waals surface area contributed by atoms with Crippen molar-refractivity contribution < 1.29 is 9.59 Å². The summed E-state index contributed by atoms with van der Waals surface area (Å²) in [5.74, 6) is 0.0846. The smallest absolute Gasteiger partial charge is 0.231 e. The van der Waals surface area contributed by atoms with E-state index in [1.165, 1.54) is 0 Å². The minimum atomic E-state index is -0.166. The van der Waals surface area contributed by atoms with Crippen molar-refractivity contribution in [2.75, 3.05) is 10.6 Å². The third-order valence-corrected chi connectivity index (χ3v) is 4.29. The van der Waals surface area contributed by atoms with Gasteiger partial charge < -0.3 is 10.6 Å². The summed E-state index contributed by atoms with van der Waals surface area (Å²) in [4.78, 5) is 24.3. The maximum atomic E-state index is 12.5. The molecule has 24 heavy (non-hydrogen) atoms. The van der Waals surface area contributed by atoms with E-state index in [9.17, 15) is 9.59 Å². The number of amides is 2. The summed E-state index contributed by atoms with van der Waals surface area (Å²) in [7, 11) is 0. The van der Waals surface area contributed by atoms with Crippen molar-refractivity contribution in [3.8, 4) is 0 Å². The number of carbonyl (C=O) groups is 2. The van der Waals surface area contributed by atoms with Crippen molar-refractivity contribution in [2.24, 2.45) is 5.92 Å². The molecule has 2 amide bonds. The van der Waals surface area contributed by atoms with Crippen molar-refractivity contribution in [3.05, 3.63) is 60.2 Å². The molecular formula is C20H22N2O2. The first-order chi connectivity index (χ1) is 11.7. The molecule has 0 aliphatic heterocycles. The third kappa shape index (κ3) is 4.02. The second-order valence-corrected chi connectivity index (χ2v) is 6.20. The average Bonchev–Trinajstić information content (AvgIpc) is 3.43. The van der Waals surface area contributed by atoms with Gasteiger partial charge in [-0.1, -0.05) is 37.3 Å². The quantitative estimate of drug-likeness (QED) is 0.838. The first kappa shape index (κ1) is 16.2. The molecular weight excluding hydrogens is 300 g/mol. The maximum absolute atomic E-state index is 12.5. The summed E-state index contributed by atoms with van der Waals surface area (Å²) in [6.45, 7) is 2.01. The van der Waals surface area contributed by atoms with Gasteiger partial charge in [0.15, 0.2) is 0 Å². The standard InChI is InChI=1S/C20H22N2O2/c1-2-18(14-6-4-3-5-7-14)20(24)22-17-12-10-16(11-13-17)21-19(23)15-8-9-15/h3-7,10-13,15,18H,2,8-9H2,1H3,(H,21,23)(H,22,24)/t18-/m1/s1. The maximum Gasteiger partial charge on any atom is 0.231 e. The van der Waals surface area contributed by atoms with E-state index >= 15 is 0 Å². The van der Waals surface area contributed by atoms with Gasteiger partial charge in [0.1, 0.15) is 0 Å². The molecule has 0 spiro atoms. The van der Waals surface area contributed by atoms with Gasteiger partial charge in [0, 0.05) is 17.3 Å². The molecule has 0 radical (unpaired) electrons. The van der Waals surface area contributed by atoms with E-state index in [0.717, 1.165) is 36.2 Å². The van der Waals surface area contributed by atoms with E-state index in [0.29, 0.717) is 0 Å². The number of carbonyl (C=O) groups excluding carboxylic acids is 2. The zero-order valence-corrected chi connectivity index (χ0v) is 13.8. The summed E-state index contributed by atoms with van der Waals surface area (Å²) in [5.41, 5.74) is 2.52. The number of anilines is 2. The first-order valence-electron chi connectivity index (χ1n) is 8.44. The highest BCUT2D eigenvalue weighted by Gasteiger charge is 2.29. The second kappa shape index (κ2) is 7.30. The van der Waals surface area contributed by atoms with E-state index in [1.54, 1.807) is 0 Å². The summed E-state index contributed by atoms with van der Waals surface area (Å²) in [6, 6.07) is 17.1. The number of benzene rings is 2. The van der Waals surface area contributed by atoms with E-state index in [1.807, 2.05) is 61.5 Å². The Labute approximate surface area is 142 Å². The van der Waals surface area contributed by atoms with Crippen molar-refractivity contribution in [1.29, 1.82) is 0 Å². The fourth-order valence-corrected chi connectivity index (χ4v) is 2.71. The van der Waals surface area contributed by atoms with Gasteiger partial charge >= 0.3 is 0 Å². The van der Waals surface area contributed by atoms with E-state index in [2.05, 4.69) is 10.6 Å². The highest BCUT2D eigenvalue weighted by Crippen LogP contribution is 2.30. The Bertz CT molecular complexity index is 706. The fraction of sp³-hybridized carbons (Fsp3) is 0.300. The molecule has 124 valence electrons. The van der Waals surface area contributed by atoms with Crippen LogP contribution in [0, 0.1) is 5.92 Å². The average molecular weight is 322 g/mol. The second-order valence-electron chi connectivity index (χ2n) is 6.20. The Balaban J connectivity index is 1.62. The molecule has 1 fully saturated rings. The normalized spacial score (nSPS) is 14.7. The zero-order valence-electron chi connectivity index (χ0n) is 13.8. The lowest BCUT2D eigenvalue weighted by Gasteiger charge is -2.15. The molecule has 0 bridgehead atoms. The highest BCUT2D eigenvalue weighted by molar-refractivity contribution is 5.97. The van der Waals surface area contributed by atoms with Gasteiger partial charge in [0.2, 0.25) is 11.8 Å². The molecule has 4 nitrogen and oxygen atoms in total. The largest absolute Gasteiger partial charge is 0.326 e. The first-order valence-corrected chi connectivity index (χ1v) is 8.44. The topological polar surface area (TPSA) is 58.2 Å². The minimum absolute atomic E-state index is 0.0153. The fourth-order valence-electron chi connectivity index (χ4n) is 2.71.